The average Bonchev–Trinajstić information content (AvgIpc) is 3.07. The Kier molecular flexibility index (Phi) is 3.99. The van der Waals surface area contributed by atoms with E-state index in [2.05, 4.69) is 26.3 Å². The number of rotatable bonds is 4. The Balaban J connectivity index is 1.43. The van der Waals surface area contributed by atoms with Crippen molar-refractivity contribution in [3.63, 3.8) is 0 Å². The van der Waals surface area contributed by atoms with Gasteiger partial charge in [0.05, 0.1) is 6.21 Å². The molecule has 0 radical (unpaired) electrons. The summed E-state index contributed by atoms with van der Waals surface area (Å²) in [4.78, 5) is 14.3. The van der Waals surface area contributed by atoms with Crippen molar-refractivity contribution in [1.82, 2.24) is 24.3 Å². The van der Waals surface area contributed by atoms with Crippen molar-refractivity contribution < 1.29 is 5.11 Å². The maximum Gasteiger partial charge on any atom is 0.250 e. The van der Waals surface area contributed by atoms with E-state index < -0.39 is 6.10 Å². The molecule has 0 spiro atoms. The highest BCUT2D eigenvalue weighted by atomic mass is 16.3. The van der Waals surface area contributed by atoms with Gasteiger partial charge in [0.1, 0.15) is 18.8 Å². The molecule has 0 amide bonds. The third kappa shape index (κ3) is 3.02. The second kappa shape index (κ2) is 6.29. The molecule has 4 rings (SSSR count). The Morgan fingerprint density at radius 1 is 1.29 bits per heavy atom. The number of aliphatic hydroxyl groups is 1. The molecule has 126 valence electrons. The lowest BCUT2D eigenvalue weighted by Gasteiger charge is -2.43. The first kappa shape index (κ1) is 15.2. The summed E-state index contributed by atoms with van der Waals surface area (Å²) in [6.45, 7) is 3.06. The number of likely N-dealkylation sites (tertiary alicyclic amines) is 1. The highest BCUT2D eigenvalue weighted by Gasteiger charge is 2.34. The molecule has 3 atom stereocenters. The van der Waals surface area contributed by atoms with Gasteiger partial charge < -0.3 is 9.67 Å². The Morgan fingerprint density at radius 2 is 2.12 bits per heavy atom. The van der Waals surface area contributed by atoms with Crippen molar-refractivity contribution >= 4 is 6.21 Å². The highest BCUT2D eigenvalue weighted by Crippen LogP contribution is 2.34. The second-order valence-electron chi connectivity index (χ2n) is 6.59. The van der Waals surface area contributed by atoms with E-state index in [-0.39, 0.29) is 5.56 Å². The lowest BCUT2D eigenvalue weighted by atomic mass is 9.83. The highest BCUT2D eigenvalue weighted by molar-refractivity contribution is 5.62. The fraction of sp³-hybridized carbons (Fsp3) is 0.500. The van der Waals surface area contributed by atoms with Gasteiger partial charge >= 0.3 is 0 Å². The topological polar surface area (TPSA) is 88.5 Å². The minimum absolute atomic E-state index is 0.0942. The summed E-state index contributed by atoms with van der Waals surface area (Å²) in [7, 11) is 0. The van der Waals surface area contributed by atoms with Crippen LogP contribution in [-0.2, 0) is 6.54 Å². The van der Waals surface area contributed by atoms with Gasteiger partial charge in [-0.05, 0) is 18.4 Å². The van der Waals surface area contributed by atoms with E-state index in [1.165, 1.54) is 23.5 Å². The first-order chi connectivity index (χ1) is 11.7. The summed E-state index contributed by atoms with van der Waals surface area (Å²) < 4.78 is 3.37. The fourth-order valence-corrected chi connectivity index (χ4v) is 3.87. The van der Waals surface area contributed by atoms with E-state index >= 15 is 0 Å². The van der Waals surface area contributed by atoms with E-state index in [1.807, 2.05) is 10.6 Å². The van der Waals surface area contributed by atoms with Crippen molar-refractivity contribution in [3.05, 3.63) is 46.9 Å². The van der Waals surface area contributed by atoms with Crippen LogP contribution >= 0.6 is 0 Å². The van der Waals surface area contributed by atoms with Crippen LogP contribution in [-0.4, -0.2) is 61.4 Å². The third-order valence-electron chi connectivity index (χ3n) is 4.78. The summed E-state index contributed by atoms with van der Waals surface area (Å²) in [5.74, 6) is 0.812. The largest absolute Gasteiger partial charge is 0.386 e. The summed E-state index contributed by atoms with van der Waals surface area (Å²) in [5, 5.41) is 21.6. The molecule has 0 aliphatic carbocycles. The zero-order chi connectivity index (χ0) is 16.5. The Bertz CT molecular complexity index is 784. The number of nitrogens with zero attached hydrogens (tertiary/aromatic N) is 6. The van der Waals surface area contributed by atoms with Crippen LogP contribution in [0.15, 0.2) is 40.7 Å². The van der Waals surface area contributed by atoms with Crippen LogP contribution in [0.5, 0.6) is 0 Å². The van der Waals surface area contributed by atoms with Crippen molar-refractivity contribution in [3.8, 4) is 0 Å². The molecule has 1 saturated heterocycles. The number of piperidine rings is 1. The van der Waals surface area contributed by atoms with Gasteiger partial charge in [0.25, 0.3) is 5.56 Å². The molecule has 0 saturated carbocycles. The summed E-state index contributed by atoms with van der Waals surface area (Å²) in [5.41, 5.74) is 1.22. The number of aromatic nitrogens is 4. The number of β-amino-alcohol motifs (C(OH)–C–C–N with tert-alkyl or cyclic N) is 1. The summed E-state index contributed by atoms with van der Waals surface area (Å²) in [6.07, 6.45) is 4.92. The molecule has 1 fully saturated rings. The second-order valence-corrected chi connectivity index (χ2v) is 6.59. The van der Waals surface area contributed by atoms with E-state index in [1.54, 1.807) is 6.07 Å². The summed E-state index contributed by atoms with van der Waals surface area (Å²) >= 11 is 0. The Labute approximate surface area is 139 Å². The molecular formula is C16H20N6O2. The molecule has 0 aromatic carbocycles. The van der Waals surface area contributed by atoms with E-state index in [4.69, 9.17) is 0 Å². The average molecular weight is 328 g/mol. The normalized spacial score (nSPS) is 24.9. The Hall–Kier alpha value is -2.32. The number of hydrogen-bond acceptors (Lipinski definition) is 6. The molecule has 8 heteroatoms. The predicted molar refractivity (Wildman–Crippen MR) is 87.9 cm³/mol. The van der Waals surface area contributed by atoms with Crippen molar-refractivity contribution in [2.45, 2.75) is 25.0 Å². The van der Waals surface area contributed by atoms with Crippen LogP contribution in [0, 0.1) is 5.92 Å². The van der Waals surface area contributed by atoms with Crippen LogP contribution in [0.4, 0.5) is 0 Å². The van der Waals surface area contributed by atoms with Gasteiger partial charge in [0, 0.05) is 43.9 Å². The maximum atomic E-state index is 12.0. The van der Waals surface area contributed by atoms with E-state index in [0.29, 0.717) is 18.4 Å². The smallest absolute Gasteiger partial charge is 0.250 e. The van der Waals surface area contributed by atoms with E-state index in [9.17, 15) is 9.90 Å². The predicted octanol–water partition coefficient (Wildman–Crippen LogP) is -0.246. The zero-order valence-corrected chi connectivity index (χ0v) is 13.3. The first-order valence-corrected chi connectivity index (χ1v) is 8.18. The van der Waals surface area contributed by atoms with Crippen LogP contribution < -0.4 is 5.56 Å². The van der Waals surface area contributed by atoms with Crippen molar-refractivity contribution in [1.29, 1.82) is 0 Å². The van der Waals surface area contributed by atoms with Gasteiger partial charge in [-0.25, -0.2) is 4.68 Å². The summed E-state index contributed by atoms with van der Waals surface area (Å²) in [6, 6.07) is 5.53. The minimum Gasteiger partial charge on any atom is -0.386 e. The van der Waals surface area contributed by atoms with Gasteiger partial charge in [0.15, 0.2) is 0 Å². The van der Waals surface area contributed by atoms with Gasteiger partial charge in [-0.15, -0.1) is 10.2 Å². The first-order valence-electron chi connectivity index (χ1n) is 8.18. The molecule has 2 aliphatic heterocycles. The van der Waals surface area contributed by atoms with Gasteiger partial charge in [-0.2, -0.15) is 5.10 Å². The molecule has 2 bridgehead atoms. The van der Waals surface area contributed by atoms with Gasteiger partial charge in [0.2, 0.25) is 0 Å². The quantitative estimate of drug-likeness (QED) is 0.782. The SMILES string of the molecule is O=c1cccc2n1C[C@H]1C[C@@H]2CN(C[C@H](O)/C=N\n2cnnc2)C1. The molecule has 24 heavy (non-hydrogen) atoms. The van der Waals surface area contributed by atoms with Crippen LogP contribution in [0.25, 0.3) is 0 Å². The molecule has 2 aliphatic rings. The number of hydrogen-bond donors (Lipinski definition) is 1. The van der Waals surface area contributed by atoms with Gasteiger partial charge in [-0.3, -0.25) is 9.69 Å². The molecule has 4 heterocycles. The standard InChI is InChI=1S/C16H20N6O2/c23-14(5-19-21-10-17-18-11-21)9-20-6-12-4-13(8-20)15-2-1-3-16(24)22(15)7-12/h1-3,5,10-14,23H,4,6-9H2/b19-5-/t12-,13+,14+/m0/s1. The number of aliphatic hydroxyl groups excluding tert-OH is 1. The number of pyridine rings is 1. The van der Waals surface area contributed by atoms with Crippen molar-refractivity contribution in [2.24, 2.45) is 11.0 Å². The lowest BCUT2D eigenvalue weighted by Crippen LogP contribution is -2.49. The van der Waals surface area contributed by atoms with Gasteiger partial charge in [-0.1, -0.05) is 6.07 Å². The maximum absolute atomic E-state index is 12.0. The Morgan fingerprint density at radius 3 is 2.96 bits per heavy atom. The molecule has 8 nitrogen and oxygen atoms in total. The molecule has 2 aromatic heterocycles. The van der Waals surface area contributed by atoms with E-state index in [0.717, 1.165) is 31.7 Å². The lowest BCUT2D eigenvalue weighted by molar-refractivity contribution is 0.0867. The molecule has 2 aromatic rings. The fourth-order valence-electron chi connectivity index (χ4n) is 3.87. The van der Waals surface area contributed by atoms with Crippen molar-refractivity contribution in [2.75, 3.05) is 19.6 Å². The van der Waals surface area contributed by atoms with Crippen LogP contribution in [0.3, 0.4) is 0 Å². The molecule has 0 unspecified atom stereocenters. The monoisotopic (exact) mass is 328 g/mol. The van der Waals surface area contributed by atoms with Crippen LogP contribution in [0.1, 0.15) is 18.0 Å². The minimum atomic E-state index is -0.649. The number of fused-ring (bicyclic) bond motifs is 4. The van der Waals surface area contributed by atoms with Crippen LogP contribution in [0.2, 0.25) is 0 Å². The third-order valence-corrected chi connectivity index (χ3v) is 4.78. The molecule has 1 N–H and O–H groups in total. The zero-order valence-electron chi connectivity index (χ0n) is 13.3. The molecular weight excluding hydrogens is 308 g/mol.